The maximum Gasteiger partial charge on any atom is 0.235 e. The minimum atomic E-state index is -1.13. The van der Waals surface area contributed by atoms with E-state index in [1.165, 1.54) is 5.56 Å². The zero-order valence-electron chi connectivity index (χ0n) is 13.4. The molecule has 2 fully saturated rings. The summed E-state index contributed by atoms with van der Waals surface area (Å²) in [5, 5.41) is 10.6. The van der Waals surface area contributed by atoms with E-state index in [9.17, 15) is 9.90 Å². The van der Waals surface area contributed by atoms with E-state index in [1.807, 2.05) is 12.1 Å². The fourth-order valence-corrected chi connectivity index (χ4v) is 3.09. The summed E-state index contributed by atoms with van der Waals surface area (Å²) in [6, 6.07) is 7.44. The van der Waals surface area contributed by atoms with Crippen LogP contribution in [-0.4, -0.2) is 35.5 Å². The molecule has 4 heteroatoms. The first-order valence-corrected chi connectivity index (χ1v) is 8.21. The second-order valence-corrected chi connectivity index (χ2v) is 6.27. The number of Topliss-reactive ketones (excluding diaryl/α,β-unsaturated/α-hetero) is 1. The average molecular weight is 314 g/mol. The molecule has 3 rings (SSSR count). The largest absolute Gasteiger partial charge is 0.378 e. The van der Waals surface area contributed by atoms with Gasteiger partial charge in [0.2, 0.25) is 5.78 Å². The lowest BCUT2D eigenvalue weighted by Gasteiger charge is -2.37. The van der Waals surface area contributed by atoms with E-state index in [1.54, 1.807) is 12.1 Å². The first kappa shape index (κ1) is 16.2. The highest BCUT2D eigenvalue weighted by Gasteiger charge is 2.44. The van der Waals surface area contributed by atoms with Crippen LogP contribution in [0.4, 0.5) is 0 Å². The van der Waals surface area contributed by atoms with Gasteiger partial charge in [0.05, 0.1) is 13.2 Å². The average Bonchev–Trinajstić information content (AvgIpc) is 3.05. The standard InChI is InChI=1S/C19H22O4/c1-2-15-3-5-16(6-4-15)17(20)7-8-18(21)9-11-19(12-10-18)22-13-14-23-19/h3-6,21H,2,9-14H2,1H3. The van der Waals surface area contributed by atoms with Crippen molar-refractivity contribution in [2.75, 3.05) is 13.2 Å². The van der Waals surface area contributed by atoms with E-state index in [-0.39, 0.29) is 5.78 Å². The van der Waals surface area contributed by atoms with Crippen LogP contribution in [0.15, 0.2) is 24.3 Å². The van der Waals surface area contributed by atoms with Gasteiger partial charge in [-0.05, 0) is 30.7 Å². The van der Waals surface area contributed by atoms with Crippen LogP contribution in [0.1, 0.15) is 48.5 Å². The molecule has 23 heavy (non-hydrogen) atoms. The number of rotatable bonds is 2. The van der Waals surface area contributed by atoms with Gasteiger partial charge in [-0.2, -0.15) is 0 Å². The van der Waals surface area contributed by atoms with Gasteiger partial charge in [-0.1, -0.05) is 37.1 Å². The second kappa shape index (κ2) is 6.45. The number of hydrogen-bond donors (Lipinski definition) is 1. The fourth-order valence-electron chi connectivity index (χ4n) is 3.09. The summed E-state index contributed by atoms with van der Waals surface area (Å²) in [7, 11) is 0. The number of benzene rings is 1. The number of carbonyl (C=O) groups is 1. The lowest BCUT2D eigenvalue weighted by Crippen LogP contribution is -2.42. The monoisotopic (exact) mass is 314 g/mol. The summed E-state index contributed by atoms with van der Waals surface area (Å²) in [6.45, 7) is 3.28. The Balaban J connectivity index is 1.64. The Kier molecular flexibility index (Phi) is 4.54. The van der Waals surface area contributed by atoms with Crippen molar-refractivity contribution in [1.29, 1.82) is 0 Å². The van der Waals surface area contributed by atoms with Gasteiger partial charge >= 0.3 is 0 Å². The zero-order valence-corrected chi connectivity index (χ0v) is 13.4. The number of hydrogen-bond acceptors (Lipinski definition) is 4. The van der Waals surface area contributed by atoms with Crippen LogP contribution in [0.5, 0.6) is 0 Å². The van der Waals surface area contributed by atoms with Crippen LogP contribution < -0.4 is 0 Å². The number of aliphatic hydroxyl groups is 1. The van der Waals surface area contributed by atoms with Gasteiger partial charge in [-0.25, -0.2) is 0 Å². The molecule has 0 radical (unpaired) electrons. The third-order valence-corrected chi connectivity index (χ3v) is 4.69. The maximum atomic E-state index is 12.1. The molecule has 0 amide bonds. The summed E-state index contributed by atoms with van der Waals surface area (Å²) in [4.78, 5) is 12.1. The molecule has 1 saturated heterocycles. The van der Waals surface area contributed by atoms with Gasteiger partial charge in [0, 0.05) is 18.4 Å². The quantitative estimate of drug-likeness (QED) is 0.518. The third-order valence-electron chi connectivity index (χ3n) is 4.69. The Morgan fingerprint density at radius 1 is 1.13 bits per heavy atom. The second-order valence-electron chi connectivity index (χ2n) is 6.27. The van der Waals surface area contributed by atoms with Crippen LogP contribution >= 0.6 is 0 Å². The molecule has 0 unspecified atom stereocenters. The van der Waals surface area contributed by atoms with E-state index >= 15 is 0 Å². The predicted molar refractivity (Wildman–Crippen MR) is 86.0 cm³/mol. The SMILES string of the molecule is CCc1ccc(C(=O)C#CC2(O)CCC3(CC2)OCCO3)cc1. The van der Waals surface area contributed by atoms with Crippen molar-refractivity contribution in [1.82, 2.24) is 0 Å². The minimum Gasteiger partial charge on any atom is -0.378 e. The molecule has 0 aromatic heterocycles. The Hall–Kier alpha value is -1.67. The van der Waals surface area contributed by atoms with Crippen molar-refractivity contribution in [3.05, 3.63) is 35.4 Å². The van der Waals surface area contributed by atoms with Gasteiger partial charge in [-0.15, -0.1) is 0 Å². The minimum absolute atomic E-state index is 0.255. The smallest absolute Gasteiger partial charge is 0.235 e. The zero-order chi connectivity index (χ0) is 16.3. The van der Waals surface area contributed by atoms with E-state index in [0.29, 0.717) is 44.5 Å². The molecule has 1 aliphatic heterocycles. The van der Waals surface area contributed by atoms with Crippen molar-refractivity contribution in [3.63, 3.8) is 0 Å². The maximum absolute atomic E-state index is 12.1. The summed E-state index contributed by atoms with van der Waals surface area (Å²) < 4.78 is 11.3. The van der Waals surface area contributed by atoms with Crippen molar-refractivity contribution in [2.45, 2.75) is 50.4 Å². The normalized spacial score (nSPS) is 21.7. The van der Waals surface area contributed by atoms with E-state index in [2.05, 4.69) is 18.8 Å². The molecule has 1 N–H and O–H groups in total. The van der Waals surface area contributed by atoms with Crippen LogP contribution in [-0.2, 0) is 15.9 Å². The highest BCUT2D eigenvalue weighted by Crippen LogP contribution is 2.39. The lowest BCUT2D eigenvalue weighted by atomic mass is 9.81. The Morgan fingerprint density at radius 3 is 2.30 bits per heavy atom. The molecule has 0 atom stereocenters. The molecular formula is C19H22O4. The Morgan fingerprint density at radius 2 is 1.74 bits per heavy atom. The highest BCUT2D eigenvalue weighted by molar-refractivity contribution is 6.09. The van der Waals surface area contributed by atoms with Crippen LogP contribution in [0.3, 0.4) is 0 Å². The summed E-state index contributed by atoms with van der Waals surface area (Å²) >= 11 is 0. The molecule has 1 heterocycles. The molecule has 122 valence electrons. The topological polar surface area (TPSA) is 55.8 Å². The van der Waals surface area contributed by atoms with Crippen LogP contribution in [0.2, 0.25) is 0 Å². The Labute approximate surface area is 136 Å². The van der Waals surface area contributed by atoms with Gasteiger partial charge < -0.3 is 14.6 Å². The molecule has 4 nitrogen and oxygen atoms in total. The summed E-state index contributed by atoms with van der Waals surface area (Å²) in [5.74, 6) is 4.59. The van der Waals surface area contributed by atoms with E-state index in [4.69, 9.17) is 9.47 Å². The van der Waals surface area contributed by atoms with Crippen molar-refractivity contribution >= 4 is 5.78 Å². The number of carbonyl (C=O) groups excluding carboxylic acids is 1. The molecular weight excluding hydrogens is 292 g/mol. The van der Waals surface area contributed by atoms with Crippen LogP contribution in [0, 0.1) is 11.8 Å². The molecule has 1 aromatic carbocycles. The molecule has 1 spiro atoms. The van der Waals surface area contributed by atoms with Crippen molar-refractivity contribution < 1.29 is 19.4 Å². The van der Waals surface area contributed by atoms with Crippen LogP contribution in [0.25, 0.3) is 0 Å². The molecule has 1 aromatic rings. The molecule has 0 bridgehead atoms. The molecule has 1 aliphatic carbocycles. The Bertz CT molecular complexity index is 620. The predicted octanol–water partition coefficient (Wildman–Crippen LogP) is 2.48. The van der Waals surface area contributed by atoms with E-state index < -0.39 is 11.4 Å². The molecule has 1 saturated carbocycles. The molecule has 2 aliphatic rings. The van der Waals surface area contributed by atoms with E-state index in [0.717, 1.165) is 6.42 Å². The van der Waals surface area contributed by atoms with Gasteiger partial charge in [0.15, 0.2) is 5.79 Å². The fraction of sp³-hybridized carbons (Fsp3) is 0.526. The number of ketones is 1. The lowest BCUT2D eigenvalue weighted by molar-refractivity contribution is -0.195. The number of ether oxygens (including phenoxy) is 2. The summed E-state index contributed by atoms with van der Waals surface area (Å²) in [6.07, 6.45) is 3.07. The van der Waals surface area contributed by atoms with Gasteiger partial charge in [-0.3, -0.25) is 4.79 Å². The first-order valence-electron chi connectivity index (χ1n) is 8.21. The van der Waals surface area contributed by atoms with Crippen molar-refractivity contribution in [2.24, 2.45) is 0 Å². The van der Waals surface area contributed by atoms with Gasteiger partial charge in [0.1, 0.15) is 5.60 Å². The first-order chi connectivity index (χ1) is 11.0. The third kappa shape index (κ3) is 3.64. The highest BCUT2D eigenvalue weighted by atomic mass is 16.7. The van der Waals surface area contributed by atoms with Gasteiger partial charge in [0.25, 0.3) is 0 Å². The van der Waals surface area contributed by atoms with Crippen molar-refractivity contribution in [3.8, 4) is 11.8 Å². The number of aryl methyl sites for hydroxylation is 1. The summed E-state index contributed by atoms with van der Waals surface area (Å²) in [5.41, 5.74) is 0.620.